The zero-order valence-corrected chi connectivity index (χ0v) is 8.63. The molecule has 0 saturated heterocycles. The monoisotopic (exact) mass is 249 g/mol. The van der Waals surface area contributed by atoms with Crippen LogP contribution in [0.3, 0.4) is 0 Å². The lowest BCUT2D eigenvalue weighted by Crippen LogP contribution is -2.09. The number of rotatable bonds is 1. The predicted molar refractivity (Wildman–Crippen MR) is 55.0 cm³/mol. The summed E-state index contributed by atoms with van der Waals surface area (Å²) < 4.78 is 0.870. The molecule has 0 amide bonds. The Kier molecular flexibility index (Phi) is 2.87. The molecule has 1 nitrogen and oxygen atoms in total. The minimum Gasteiger partial charge on any atom is -0.389 e. The van der Waals surface area contributed by atoms with Crippen LogP contribution in [0.5, 0.6) is 0 Å². The van der Waals surface area contributed by atoms with E-state index in [-0.39, 0.29) is 0 Å². The van der Waals surface area contributed by atoms with Gasteiger partial charge in [0.15, 0.2) is 0 Å². The molecule has 4 heteroatoms. The summed E-state index contributed by atoms with van der Waals surface area (Å²) in [6, 6.07) is 5.32. The Morgan fingerprint density at radius 2 is 2.18 bits per heavy atom. The maximum atomic E-state index is 5.72. The number of halogens is 2. The molecule has 0 atom stereocenters. The Morgan fingerprint density at radius 1 is 1.55 bits per heavy atom. The molecule has 0 aromatic heterocycles. The lowest BCUT2D eigenvalue weighted by Gasteiger charge is -2.01. The van der Waals surface area contributed by atoms with Gasteiger partial charge in [-0.25, -0.2) is 0 Å². The molecule has 11 heavy (non-hydrogen) atoms. The topological polar surface area (TPSA) is 26.0 Å². The highest BCUT2D eigenvalue weighted by Gasteiger charge is 2.02. The summed E-state index contributed by atoms with van der Waals surface area (Å²) in [6.07, 6.45) is 0. The minimum atomic E-state index is 0.347. The second-order valence-electron chi connectivity index (χ2n) is 1.99. The smallest absolute Gasteiger partial charge is 0.105 e. The van der Waals surface area contributed by atoms with Gasteiger partial charge >= 0.3 is 0 Å². The lowest BCUT2D eigenvalue weighted by molar-refractivity contribution is 1.58. The van der Waals surface area contributed by atoms with E-state index in [0.717, 1.165) is 10.0 Å². The van der Waals surface area contributed by atoms with E-state index in [1.54, 1.807) is 12.1 Å². The van der Waals surface area contributed by atoms with Crippen molar-refractivity contribution >= 4 is 44.7 Å². The first-order chi connectivity index (χ1) is 5.11. The van der Waals surface area contributed by atoms with Gasteiger partial charge in [0.05, 0.1) is 0 Å². The number of benzene rings is 1. The largest absolute Gasteiger partial charge is 0.389 e. The van der Waals surface area contributed by atoms with Crippen LogP contribution in [-0.2, 0) is 0 Å². The van der Waals surface area contributed by atoms with Gasteiger partial charge in [-0.15, -0.1) is 0 Å². The van der Waals surface area contributed by atoms with Gasteiger partial charge in [0.2, 0.25) is 0 Å². The molecule has 58 valence electrons. The fourth-order valence-corrected chi connectivity index (χ4v) is 1.62. The summed E-state index contributed by atoms with van der Waals surface area (Å²) in [5, 5.41) is 0.635. The molecule has 0 aliphatic rings. The number of hydrogen-bond acceptors (Lipinski definition) is 1. The minimum absolute atomic E-state index is 0.347. The maximum absolute atomic E-state index is 5.72. The highest BCUT2D eigenvalue weighted by Crippen LogP contribution is 2.20. The van der Waals surface area contributed by atoms with E-state index < -0.39 is 0 Å². The summed E-state index contributed by atoms with van der Waals surface area (Å²) >= 11 is 13.8. The Labute approximate surface area is 83.7 Å². The van der Waals surface area contributed by atoms with E-state index >= 15 is 0 Å². The maximum Gasteiger partial charge on any atom is 0.105 e. The lowest BCUT2D eigenvalue weighted by atomic mass is 10.2. The molecule has 0 radical (unpaired) electrons. The fraction of sp³-hybridized carbons (Fsp3) is 0. The zero-order valence-electron chi connectivity index (χ0n) is 5.47. The van der Waals surface area contributed by atoms with Crippen molar-refractivity contribution in [1.29, 1.82) is 0 Å². The van der Waals surface area contributed by atoms with E-state index in [2.05, 4.69) is 15.9 Å². The van der Waals surface area contributed by atoms with Crippen molar-refractivity contribution in [2.45, 2.75) is 0 Å². The van der Waals surface area contributed by atoms with Gasteiger partial charge in [-0.3, -0.25) is 0 Å². The predicted octanol–water partition coefficient (Wildman–Crippen LogP) is 2.74. The average molecular weight is 251 g/mol. The van der Waals surface area contributed by atoms with E-state index in [1.165, 1.54) is 0 Å². The standard InChI is InChI=1S/C7H5BrClNS/c8-6-2-1-4(9)3-5(6)7(10)11/h1-3H,(H2,10,11). The molecule has 0 bridgehead atoms. The SMILES string of the molecule is NC(=S)c1cc(Cl)ccc1Br. The molecule has 0 saturated carbocycles. The summed E-state index contributed by atoms with van der Waals surface area (Å²) in [5.74, 6) is 0. The Hall–Kier alpha value is -0.120. The van der Waals surface area contributed by atoms with Crippen molar-refractivity contribution in [1.82, 2.24) is 0 Å². The molecule has 1 aromatic rings. The summed E-state index contributed by atoms with van der Waals surface area (Å²) in [5.41, 5.74) is 6.20. The van der Waals surface area contributed by atoms with Crippen LogP contribution in [0.2, 0.25) is 5.02 Å². The summed E-state index contributed by atoms with van der Waals surface area (Å²) in [4.78, 5) is 0.347. The van der Waals surface area contributed by atoms with Crippen molar-refractivity contribution in [2.24, 2.45) is 5.73 Å². The molecule has 1 aromatic carbocycles. The first-order valence-electron chi connectivity index (χ1n) is 2.86. The summed E-state index contributed by atoms with van der Waals surface area (Å²) in [7, 11) is 0. The molecule has 0 heterocycles. The third-order valence-electron chi connectivity index (χ3n) is 1.19. The van der Waals surface area contributed by atoms with Crippen molar-refractivity contribution in [3.63, 3.8) is 0 Å². The zero-order chi connectivity index (χ0) is 8.43. The van der Waals surface area contributed by atoms with Crippen LogP contribution in [-0.4, -0.2) is 4.99 Å². The van der Waals surface area contributed by atoms with Crippen molar-refractivity contribution < 1.29 is 0 Å². The van der Waals surface area contributed by atoms with Gasteiger partial charge in [0.25, 0.3) is 0 Å². The van der Waals surface area contributed by atoms with Crippen molar-refractivity contribution in [3.8, 4) is 0 Å². The molecule has 0 unspecified atom stereocenters. The van der Waals surface area contributed by atoms with Crippen LogP contribution in [0, 0.1) is 0 Å². The molecule has 0 aliphatic heterocycles. The summed E-state index contributed by atoms with van der Waals surface area (Å²) in [6.45, 7) is 0. The molecular formula is C7H5BrClNS. The van der Waals surface area contributed by atoms with Gasteiger partial charge in [0, 0.05) is 15.1 Å². The van der Waals surface area contributed by atoms with E-state index in [0.29, 0.717) is 10.0 Å². The Morgan fingerprint density at radius 3 is 2.64 bits per heavy atom. The van der Waals surface area contributed by atoms with E-state index in [4.69, 9.17) is 29.6 Å². The number of hydrogen-bond donors (Lipinski definition) is 1. The molecular weight excluding hydrogens is 246 g/mol. The Bertz CT molecular complexity index is 300. The van der Waals surface area contributed by atoms with Crippen LogP contribution in [0.4, 0.5) is 0 Å². The highest BCUT2D eigenvalue weighted by molar-refractivity contribution is 9.10. The van der Waals surface area contributed by atoms with Crippen LogP contribution in [0.25, 0.3) is 0 Å². The molecule has 2 N–H and O–H groups in total. The second kappa shape index (κ2) is 3.52. The molecule has 1 rings (SSSR count). The van der Waals surface area contributed by atoms with Crippen LogP contribution < -0.4 is 5.73 Å². The normalized spacial score (nSPS) is 9.64. The fourth-order valence-electron chi connectivity index (χ4n) is 0.686. The van der Waals surface area contributed by atoms with E-state index in [1.807, 2.05) is 6.07 Å². The first kappa shape index (κ1) is 8.97. The average Bonchev–Trinajstić information content (AvgIpc) is 1.94. The van der Waals surface area contributed by atoms with Crippen molar-refractivity contribution in [3.05, 3.63) is 33.3 Å². The van der Waals surface area contributed by atoms with Gasteiger partial charge in [-0.05, 0) is 18.2 Å². The van der Waals surface area contributed by atoms with Crippen LogP contribution in [0.1, 0.15) is 5.56 Å². The first-order valence-corrected chi connectivity index (χ1v) is 4.44. The molecule has 0 spiro atoms. The molecule has 0 aliphatic carbocycles. The highest BCUT2D eigenvalue weighted by atomic mass is 79.9. The quantitative estimate of drug-likeness (QED) is 0.776. The number of nitrogens with two attached hydrogens (primary N) is 1. The van der Waals surface area contributed by atoms with E-state index in [9.17, 15) is 0 Å². The van der Waals surface area contributed by atoms with Gasteiger partial charge in [-0.2, -0.15) is 0 Å². The third kappa shape index (κ3) is 2.15. The molecule has 0 fully saturated rings. The van der Waals surface area contributed by atoms with Crippen LogP contribution in [0.15, 0.2) is 22.7 Å². The van der Waals surface area contributed by atoms with Gasteiger partial charge in [-0.1, -0.05) is 39.7 Å². The Balaban J connectivity index is 3.23. The number of thiocarbonyl (C=S) groups is 1. The van der Waals surface area contributed by atoms with Gasteiger partial charge in [0.1, 0.15) is 4.99 Å². The second-order valence-corrected chi connectivity index (χ2v) is 3.72. The van der Waals surface area contributed by atoms with Gasteiger partial charge < -0.3 is 5.73 Å². The van der Waals surface area contributed by atoms with Crippen molar-refractivity contribution in [2.75, 3.05) is 0 Å². The van der Waals surface area contributed by atoms with Crippen LogP contribution >= 0.6 is 39.7 Å². The third-order valence-corrected chi connectivity index (χ3v) is 2.34.